The standard InChI is InChI=1S/C11H20N2S.ClH/c1-2-14-8-9(1)5-13-6-10-3-12-4-11(10)7-13;/h9-12H,1-8H2;1H/t9?,10-,11+;. The molecular formula is C11H21ClN2S. The second-order valence-electron chi connectivity index (χ2n) is 5.13. The number of nitrogens with zero attached hydrogens (tertiary/aromatic N) is 1. The van der Waals surface area contributed by atoms with E-state index in [1.165, 1.54) is 50.7 Å². The Morgan fingerprint density at radius 3 is 2.53 bits per heavy atom. The van der Waals surface area contributed by atoms with Crippen LogP contribution in [0.15, 0.2) is 0 Å². The number of nitrogens with one attached hydrogen (secondary N) is 1. The lowest BCUT2D eigenvalue weighted by atomic mass is 10.0. The SMILES string of the molecule is C1CC(CN2C[C@H]3CNC[C@H]3C2)CS1.Cl. The quantitative estimate of drug-likeness (QED) is 0.794. The number of thioether (sulfide) groups is 1. The molecule has 0 aromatic carbocycles. The minimum atomic E-state index is 0. The van der Waals surface area contributed by atoms with E-state index in [9.17, 15) is 0 Å². The van der Waals surface area contributed by atoms with Gasteiger partial charge in [0.15, 0.2) is 0 Å². The van der Waals surface area contributed by atoms with Gasteiger partial charge in [0, 0.05) is 19.6 Å². The molecular weight excluding hydrogens is 228 g/mol. The zero-order chi connectivity index (χ0) is 9.38. The summed E-state index contributed by atoms with van der Waals surface area (Å²) in [6.45, 7) is 6.69. The Morgan fingerprint density at radius 1 is 1.20 bits per heavy atom. The second kappa shape index (κ2) is 5.26. The van der Waals surface area contributed by atoms with Crippen LogP contribution < -0.4 is 5.32 Å². The first-order chi connectivity index (χ1) is 6.92. The largest absolute Gasteiger partial charge is 0.316 e. The smallest absolute Gasteiger partial charge is 0.00257 e. The van der Waals surface area contributed by atoms with Crippen molar-refractivity contribution in [2.24, 2.45) is 17.8 Å². The average Bonchev–Trinajstić information content (AvgIpc) is 2.78. The summed E-state index contributed by atoms with van der Waals surface area (Å²) in [5, 5.41) is 3.51. The molecule has 0 bridgehead atoms. The van der Waals surface area contributed by atoms with Crippen LogP contribution in [0.3, 0.4) is 0 Å². The monoisotopic (exact) mass is 248 g/mol. The Bertz CT molecular complexity index is 197. The molecule has 0 saturated carbocycles. The van der Waals surface area contributed by atoms with E-state index in [-0.39, 0.29) is 12.4 Å². The predicted molar refractivity (Wildman–Crippen MR) is 69.0 cm³/mol. The zero-order valence-electron chi connectivity index (χ0n) is 9.15. The number of hydrogen-bond donors (Lipinski definition) is 1. The van der Waals surface area contributed by atoms with Gasteiger partial charge >= 0.3 is 0 Å². The van der Waals surface area contributed by atoms with Crippen molar-refractivity contribution in [3.05, 3.63) is 0 Å². The highest BCUT2D eigenvalue weighted by Gasteiger charge is 2.36. The van der Waals surface area contributed by atoms with Crippen molar-refractivity contribution < 1.29 is 0 Å². The van der Waals surface area contributed by atoms with Gasteiger partial charge in [-0.3, -0.25) is 0 Å². The van der Waals surface area contributed by atoms with Crippen LogP contribution in [0.25, 0.3) is 0 Å². The Hall–Kier alpha value is 0.560. The maximum Gasteiger partial charge on any atom is 0.00257 e. The van der Waals surface area contributed by atoms with Crippen LogP contribution in [-0.2, 0) is 0 Å². The Kier molecular flexibility index (Phi) is 4.22. The molecule has 2 nitrogen and oxygen atoms in total. The molecule has 3 fully saturated rings. The Morgan fingerprint density at radius 2 is 1.93 bits per heavy atom. The summed E-state index contributed by atoms with van der Waals surface area (Å²) in [6, 6.07) is 0. The van der Waals surface area contributed by atoms with Crippen molar-refractivity contribution in [1.29, 1.82) is 0 Å². The summed E-state index contributed by atoms with van der Waals surface area (Å²) >= 11 is 2.15. The number of halogens is 1. The predicted octanol–water partition coefficient (Wildman–Crippen LogP) is 1.31. The lowest BCUT2D eigenvalue weighted by Gasteiger charge is -2.20. The van der Waals surface area contributed by atoms with Gasteiger partial charge in [0.25, 0.3) is 0 Å². The van der Waals surface area contributed by atoms with Crippen LogP contribution in [0.1, 0.15) is 6.42 Å². The third kappa shape index (κ3) is 2.63. The van der Waals surface area contributed by atoms with Crippen LogP contribution in [0.5, 0.6) is 0 Å². The first kappa shape index (κ1) is 12.0. The van der Waals surface area contributed by atoms with Gasteiger partial charge in [0.1, 0.15) is 0 Å². The lowest BCUT2D eigenvalue weighted by Crippen LogP contribution is -2.30. The third-order valence-corrected chi connectivity index (χ3v) is 5.24. The Labute approximate surface area is 103 Å². The molecule has 0 aromatic rings. The molecule has 1 unspecified atom stereocenters. The molecule has 3 rings (SSSR count). The maximum atomic E-state index is 3.51. The number of likely N-dealkylation sites (tertiary alicyclic amines) is 1. The van der Waals surface area contributed by atoms with E-state index >= 15 is 0 Å². The lowest BCUT2D eigenvalue weighted by molar-refractivity contribution is 0.272. The molecule has 4 heteroatoms. The van der Waals surface area contributed by atoms with E-state index in [0.29, 0.717) is 0 Å². The summed E-state index contributed by atoms with van der Waals surface area (Å²) in [5.41, 5.74) is 0. The van der Waals surface area contributed by atoms with E-state index in [1.54, 1.807) is 0 Å². The van der Waals surface area contributed by atoms with Crippen molar-refractivity contribution in [3.63, 3.8) is 0 Å². The molecule has 0 aromatic heterocycles. The molecule has 3 aliphatic rings. The maximum absolute atomic E-state index is 3.51. The van der Waals surface area contributed by atoms with Gasteiger partial charge in [-0.25, -0.2) is 0 Å². The van der Waals surface area contributed by atoms with Crippen molar-refractivity contribution in [3.8, 4) is 0 Å². The van der Waals surface area contributed by atoms with Crippen LogP contribution >= 0.6 is 24.2 Å². The van der Waals surface area contributed by atoms with Crippen molar-refractivity contribution in [1.82, 2.24) is 10.2 Å². The molecule has 3 heterocycles. The first-order valence-electron chi connectivity index (χ1n) is 5.92. The summed E-state index contributed by atoms with van der Waals surface area (Å²) in [4.78, 5) is 2.73. The van der Waals surface area contributed by atoms with Gasteiger partial charge in [-0.05, 0) is 48.8 Å². The molecule has 0 aliphatic carbocycles. The molecule has 0 amide bonds. The average molecular weight is 249 g/mol. The van der Waals surface area contributed by atoms with Crippen molar-refractivity contribution in [2.45, 2.75) is 6.42 Å². The van der Waals surface area contributed by atoms with Crippen LogP contribution in [0, 0.1) is 17.8 Å². The molecule has 3 saturated heterocycles. The van der Waals surface area contributed by atoms with E-state index in [4.69, 9.17) is 0 Å². The van der Waals surface area contributed by atoms with Crippen LogP contribution in [0.4, 0.5) is 0 Å². The fraction of sp³-hybridized carbons (Fsp3) is 1.00. The number of fused-ring (bicyclic) bond motifs is 1. The minimum Gasteiger partial charge on any atom is -0.316 e. The summed E-state index contributed by atoms with van der Waals surface area (Å²) in [7, 11) is 0. The zero-order valence-corrected chi connectivity index (χ0v) is 10.8. The third-order valence-electron chi connectivity index (χ3n) is 4.01. The highest BCUT2D eigenvalue weighted by molar-refractivity contribution is 7.99. The molecule has 1 N–H and O–H groups in total. The van der Waals surface area contributed by atoms with E-state index in [2.05, 4.69) is 22.0 Å². The molecule has 3 aliphatic heterocycles. The van der Waals surface area contributed by atoms with Gasteiger partial charge in [-0.15, -0.1) is 12.4 Å². The van der Waals surface area contributed by atoms with Gasteiger partial charge in [0.2, 0.25) is 0 Å². The fourth-order valence-corrected chi connectivity index (χ4v) is 4.47. The molecule has 0 spiro atoms. The van der Waals surface area contributed by atoms with E-state index in [1.807, 2.05) is 0 Å². The summed E-state index contributed by atoms with van der Waals surface area (Å²) in [6.07, 6.45) is 1.47. The Balaban J connectivity index is 0.000000853. The van der Waals surface area contributed by atoms with Gasteiger partial charge in [-0.1, -0.05) is 0 Å². The van der Waals surface area contributed by atoms with E-state index in [0.717, 1.165) is 17.8 Å². The minimum absolute atomic E-state index is 0. The topological polar surface area (TPSA) is 15.3 Å². The highest BCUT2D eigenvalue weighted by Crippen LogP contribution is 2.30. The molecule has 0 radical (unpaired) electrons. The van der Waals surface area contributed by atoms with Gasteiger partial charge in [0.05, 0.1) is 0 Å². The molecule has 15 heavy (non-hydrogen) atoms. The van der Waals surface area contributed by atoms with E-state index < -0.39 is 0 Å². The fourth-order valence-electron chi connectivity index (χ4n) is 3.19. The van der Waals surface area contributed by atoms with Crippen molar-refractivity contribution >= 4 is 24.2 Å². The molecule has 3 atom stereocenters. The molecule has 88 valence electrons. The number of hydrogen-bond acceptors (Lipinski definition) is 3. The van der Waals surface area contributed by atoms with Gasteiger partial charge in [-0.2, -0.15) is 11.8 Å². The van der Waals surface area contributed by atoms with Crippen LogP contribution in [-0.4, -0.2) is 49.1 Å². The first-order valence-corrected chi connectivity index (χ1v) is 7.08. The highest BCUT2D eigenvalue weighted by atomic mass is 35.5. The van der Waals surface area contributed by atoms with Crippen LogP contribution in [0.2, 0.25) is 0 Å². The normalized spacial score (nSPS) is 40.4. The van der Waals surface area contributed by atoms with Gasteiger partial charge < -0.3 is 10.2 Å². The summed E-state index contributed by atoms with van der Waals surface area (Å²) < 4.78 is 0. The second-order valence-corrected chi connectivity index (χ2v) is 6.28. The number of rotatable bonds is 2. The summed E-state index contributed by atoms with van der Waals surface area (Å²) in [5.74, 6) is 5.79. The van der Waals surface area contributed by atoms with Crippen molar-refractivity contribution in [2.75, 3.05) is 44.2 Å².